The van der Waals surface area contributed by atoms with E-state index in [9.17, 15) is 56.3 Å². The Kier molecular flexibility index (Phi) is 6.91. The van der Waals surface area contributed by atoms with Crippen molar-refractivity contribution in [3.05, 3.63) is 59.7 Å². The third-order valence-corrected chi connectivity index (χ3v) is 9.21. The highest BCUT2D eigenvalue weighted by Gasteiger charge is 2.46. The summed E-state index contributed by atoms with van der Waals surface area (Å²) in [6, 6.07) is 1.77. The number of hydrogen-bond donors (Lipinski definition) is 0. The molecule has 0 fully saturated rings. The smallest absolute Gasteiger partial charge is 0.205 e. The minimum absolute atomic E-state index is 0.202. The Bertz CT molecular complexity index is 1080. The lowest BCUT2D eigenvalue weighted by Gasteiger charge is -2.22. The van der Waals surface area contributed by atoms with Crippen molar-refractivity contribution in [2.24, 2.45) is 0 Å². The molecule has 17 heteroatoms. The minimum Gasteiger partial charge on any atom is -0.205 e. The summed E-state index contributed by atoms with van der Waals surface area (Å²) in [5.74, 6) is 0. The van der Waals surface area contributed by atoms with E-state index in [2.05, 4.69) is 0 Å². The van der Waals surface area contributed by atoms with Gasteiger partial charge < -0.3 is 0 Å². The van der Waals surface area contributed by atoms with Crippen molar-refractivity contribution in [2.45, 2.75) is 27.7 Å². The lowest BCUT2D eigenvalue weighted by Crippen LogP contribution is -2.34. The Morgan fingerprint density at radius 3 is 1.06 bits per heavy atom. The highest BCUT2D eigenvalue weighted by Crippen LogP contribution is 2.42. The van der Waals surface area contributed by atoms with Gasteiger partial charge in [0.15, 0.2) is 0 Å². The first kappa shape index (κ1) is 26.3. The first-order valence-corrected chi connectivity index (χ1v) is 11.3. The van der Waals surface area contributed by atoms with Crippen LogP contribution < -0.4 is 0 Å². The van der Waals surface area contributed by atoms with Crippen LogP contribution in [-0.4, -0.2) is 25.5 Å². The van der Waals surface area contributed by atoms with Gasteiger partial charge in [-0.15, -0.1) is 0 Å². The van der Waals surface area contributed by atoms with Gasteiger partial charge in [0, 0.05) is 0 Å². The molecule has 0 unspecified atom stereocenters. The molecular weight excluding hydrogens is 525 g/mol. The van der Waals surface area contributed by atoms with Gasteiger partial charge in [-0.05, 0) is 51.6 Å². The van der Waals surface area contributed by atoms with Crippen LogP contribution in [0, 0.1) is 0 Å². The SMILES string of the molecule is O=S(=O)(c1ccc(C(F)(F)F)cc1)N(SC(F)(F)F)S(=O)(=O)c1ccc(C(F)(F)F)cc1. The van der Waals surface area contributed by atoms with Gasteiger partial charge in [-0.3, -0.25) is 0 Å². The molecule has 0 radical (unpaired) electrons. The molecule has 2 aromatic carbocycles. The van der Waals surface area contributed by atoms with Gasteiger partial charge in [0.1, 0.15) is 0 Å². The third-order valence-electron chi connectivity index (χ3n) is 3.53. The molecule has 0 saturated heterocycles. The molecule has 0 heterocycles. The summed E-state index contributed by atoms with van der Waals surface area (Å²) in [7, 11) is -11.3. The molecule has 32 heavy (non-hydrogen) atoms. The van der Waals surface area contributed by atoms with Gasteiger partial charge >= 0.3 is 17.9 Å². The van der Waals surface area contributed by atoms with Crippen LogP contribution in [0.3, 0.4) is 0 Å². The molecule has 0 aliphatic rings. The number of hydrogen-bond acceptors (Lipinski definition) is 5. The van der Waals surface area contributed by atoms with Crippen molar-refractivity contribution in [1.29, 1.82) is 0 Å². The fourth-order valence-electron chi connectivity index (χ4n) is 2.12. The molecule has 2 rings (SSSR count). The Morgan fingerprint density at radius 2 is 0.844 bits per heavy atom. The molecule has 5 nitrogen and oxygen atoms in total. The summed E-state index contributed by atoms with van der Waals surface area (Å²) in [6.07, 6.45) is -9.84. The van der Waals surface area contributed by atoms with E-state index >= 15 is 0 Å². The van der Waals surface area contributed by atoms with Crippen LogP contribution in [0.15, 0.2) is 58.3 Å². The molecule has 0 amide bonds. The highest BCUT2D eigenvalue weighted by molar-refractivity contribution is 8.20. The quantitative estimate of drug-likeness (QED) is 0.387. The zero-order chi connectivity index (χ0) is 24.8. The van der Waals surface area contributed by atoms with Crippen LogP contribution in [0.1, 0.15) is 11.1 Å². The average molecular weight is 533 g/mol. The van der Waals surface area contributed by atoms with Crippen LogP contribution in [-0.2, 0) is 32.4 Å². The van der Waals surface area contributed by atoms with Crippen molar-refractivity contribution in [1.82, 2.24) is 3.12 Å². The second-order valence-corrected chi connectivity index (χ2v) is 11.0. The molecule has 0 N–H and O–H groups in total. The van der Waals surface area contributed by atoms with Crippen LogP contribution in [0.2, 0.25) is 0 Å². The number of sulfonamides is 2. The summed E-state index contributed by atoms with van der Waals surface area (Å²) in [5.41, 5.74) is -8.24. The van der Waals surface area contributed by atoms with Crippen LogP contribution >= 0.6 is 11.9 Å². The van der Waals surface area contributed by atoms with Gasteiger partial charge in [0.2, 0.25) is 0 Å². The Hall–Kier alpha value is -1.98. The maximum Gasteiger partial charge on any atom is 0.458 e. The van der Waals surface area contributed by atoms with E-state index in [1.165, 1.54) is 0 Å². The molecule has 0 spiro atoms. The highest BCUT2D eigenvalue weighted by atomic mass is 32.3. The van der Waals surface area contributed by atoms with Gasteiger partial charge in [-0.25, -0.2) is 16.8 Å². The summed E-state index contributed by atoms with van der Waals surface area (Å²) >= 11 is -1.66. The largest absolute Gasteiger partial charge is 0.458 e. The standard InChI is InChI=1S/C15H8F9NO4S3/c16-13(17,18)9-1-5-11(6-2-9)31(26,27)25(30-15(22,23)24)32(28,29)12-7-3-10(4-8-12)14(19,20)21/h1-8H. The molecule has 0 bridgehead atoms. The van der Waals surface area contributed by atoms with E-state index in [1.807, 2.05) is 0 Å². The van der Waals surface area contributed by atoms with Gasteiger partial charge in [0.05, 0.1) is 32.9 Å². The van der Waals surface area contributed by atoms with E-state index in [0.717, 1.165) is 0 Å². The van der Waals surface area contributed by atoms with Crippen LogP contribution in [0.25, 0.3) is 0 Å². The molecule has 178 valence electrons. The van der Waals surface area contributed by atoms with Crippen LogP contribution in [0.5, 0.6) is 0 Å². The van der Waals surface area contributed by atoms with E-state index in [1.54, 1.807) is 0 Å². The van der Waals surface area contributed by atoms with E-state index < -0.39 is 73.9 Å². The van der Waals surface area contributed by atoms with Crippen molar-refractivity contribution < 1.29 is 56.3 Å². The Morgan fingerprint density at radius 1 is 0.562 bits per heavy atom. The number of rotatable bonds is 5. The maximum atomic E-state index is 12.9. The monoisotopic (exact) mass is 533 g/mol. The van der Waals surface area contributed by atoms with Gasteiger partial charge in [-0.2, -0.15) is 39.5 Å². The van der Waals surface area contributed by atoms with E-state index in [0.29, 0.717) is 0 Å². The molecule has 0 saturated carbocycles. The van der Waals surface area contributed by atoms with Gasteiger partial charge in [0.25, 0.3) is 20.0 Å². The van der Waals surface area contributed by atoms with E-state index in [4.69, 9.17) is 0 Å². The predicted octanol–water partition coefficient (Wildman–Crippen LogP) is 5.27. The maximum absolute atomic E-state index is 12.9. The second-order valence-electron chi connectivity index (χ2n) is 5.76. The summed E-state index contributed by atoms with van der Waals surface area (Å²) in [5, 5.41) is 0. The van der Waals surface area contributed by atoms with Crippen molar-refractivity contribution in [3.63, 3.8) is 0 Å². The topological polar surface area (TPSA) is 71.5 Å². The molecular formula is C15H8F9NO4S3. The number of alkyl halides is 9. The zero-order valence-electron chi connectivity index (χ0n) is 14.8. The number of benzene rings is 2. The minimum atomic E-state index is -5.64. The summed E-state index contributed by atoms with van der Waals surface area (Å²) in [4.78, 5) is -2.48. The fourth-order valence-corrected chi connectivity index (χ4v) is 6.95. The first-order valence-electron chi connectivity index (χ1n) is 7.67. The van der Waals surface area contributed by atoms with Crippen LogP contribution in [0.4, 0.5) is 39.5 Å². The average Bonchev–Trinajstić information content (AvgIpc) is 2.64. The molecule has 2 aromatic rings. The summed E-state index contributed by atoms with van der Waals surface area (Å²) in [6.45, 7) is 0. The lowest BCUT2D eigenvalue weighted by molar-refractivity contribution is -0.138. The Balaban J connectivity index is 2.60. The van der Waals surface area contributed by atoms with Gasteiger partial charge in [-0.1, -0.05) is 0 Å². The fraction of sp³-hybridized carbons (Fsp3) is 0.200. The van der Waals surface area contributed by atoms with Crippen molar-refractivity contribution in [2.75, 3.05) is 0 Å². The van der Waals surface area contributed by atoms with E-state index in [-0.39, 0.29) is 48.5 Å². The third kappa shape index (κ3) is 5.87. The van der Waals surface area contributed by atoms with Crippen molar-refractivity contribution >= 4 is 32.0 Å². The Labute approximate surface area is 179 Å². The normalized spacial score (nSPS) is 14.1. The second kappa shape index (κ2) is 8.42. The molecule has 0 aromatic heterocycles. The lowest BCUT2D eigenvalue weighted by atomic mass is 10.2. The first-order chi connectivity index (χ1) is 14.3. The zero-order valence-corrected chi connectivity index (χ0v) is 17.3. The summed E-state index contributed by atoms with van der Waals surface area (Å²) < 4.78 is 164. The molecule has 0 aliphatic carbocycles. The number of nitrogens with zero attached hydrogens (tertiary/aromatic N) is 1. The predicted molar refractivity (Wildman–Crippen MR) is 92.7 cm³/mol. The van der Waals surface area contributed by atoms with Crippen molar-refractivity contribution in [3.8, 4) is 0 Å². The molecule has 0 aliphatic heterocycles. The molecule has 0 atom stereocenters. The number of halogens is 9.